The fourth-order valence-electron chi connectivity index (χ4n) is 2.88. The largest absolute Gasteiger partial charge is 0.467 e. The van der Waals surface area contributed by atoms with Crippen LogP contribution in [0.15, 0.2) is 16.7 Å². The second kappa shape index (κ2) is 6.88. The van der Waals surface area contributed by atoms with Crippen LogP contribution < -0.4 is 11.3 Å². The molecule has 1 saturated heterocycles. The molecule has 2 rings (SSSR count). The van der Waals surface area contributed by atoms with Crippen molar-refractivity contribution in [3.8, 4) is 0 Å². The Balaban J connectivity index is 1.89. The molecule has 0 aromatic carbocycles. The second-order valence-corrected chi connectivity index (χ2v) is 5.17. The summed E-state index contributed by atoms with van der Waals surface area (Å²) in [6.07, 6.45) is 2.65. The normalized spacial score (nSPS) is 19.7. The zero-order valence-electron chi connectivity index (χ0n) is 12.3. The highest BCUT2D eigenvalue weighted by atomic mass is 16.3. The number of likely N-dealkylation sites (N-methyl/N-ethyl adjacent to an activating group) is 1. The molecule has 6 nitrogen and oxygen atoms in total. The number of amides is 1. The molecule has 1 atom stereocenters. The number of hydrogen-bond donors (Lipinski definition) is 2. The maximum atomic E-state index is 11.4. The van der Waals surface area contributed by atoms with Gasteiger partial charge in [0.25, 0.3) is 5.91 Å². The maximum Gasteiger partial charge on any atom is 0.268 e. The van der Waals surface area contributed by atoms with Crippen molar-refractivity contribution in [3.05, 3.63) is 23.7 Å². The number of carbonyl (C=O) groups excluding carboxylic acids is 1. The molecule has 0 radical (unpaired) electrons. The van der Waals surface area contributed by atoms with E-state index in [4.69, 9.17) is 10.3 Å². The molecule has 0 spiro atoms. The standard InChI is InChI=1S/C14H24N4O2/c1-3-18(4-2)12-5-6-17(8-12)9-13-7-11(10-20-13)14(19)16-15/h7,10,12H,3-6,8-9,15H2,1-2H3,(H,16,19). The molecule has 0 bridgehead atoms. The minimum Gasteiger partial charge on any atom is -0.467 e. The average molecular weight is 280 g/mol. The minimum absolute atomic E-state index is 0.317. The first kappa shape index (κ1) is 15.0. The lowest BCUT2D eigenvalue weighted by Crippen LogP contribution is -2.37. The quantitative estimate of drug-likeness (QED) is 0.458. The molecule has 2 heterocycles. The van der Waals surface area contributed by atoms with Crippen molar-refractivity contribution in [1.82, 2.24) is 15.2 Å². The number of nitrogens with two attached hydrogens (primary N) is 1. The van der Waals surface area contributed by atoms with Crippen molar-refractivity contribution in [2.45, 2.75) is 32.9 Å². The van der Waals surface area contributed by atoms with E-state index in [1.54, 1.807) is 6.07 Å². The SMILES string of the molecule is CCN(CC)C1CCN(Cc2cc(C(=O)NN)co2)C1. The fourth-order valence-corrected chi connectivity index (χ4v) is 2.88. The average Bonchev–Trinajstić information content (AvgIpc) is 3.10. The van der Waals surface area contributed by atoms with Gasteiger partial charge in [0.1, 0.15) is 12.0 Å². The summed E-state index contributed by atoms with van der Waals surface area (Å²) in [6.45, 7) is 9.47. The van der Waals surface area contributed by atoms with E-state index >= 15 is 0 Å². The summed E-state index contributed by atoms with van der Waals surface area (Å²) in [7, 11) is 0. The Morgan fingerprint density at radius 3 is 2.95 bits per heavy atom. The summed E-state index contributed by atoms with van der Waals surface area (Å²) in [5.41, 5.74) is 2.58. The van der Waals surface area contributed by atoms with Gasteiger partial charge in [-0.1, -0.05) is 13.8 Å². The van der Waals surface area contributed by atoms with Crippen molar-refractivity contribution in [2.75, 3.05) is 26.2 Å². The molecule has 1 amide bonds. The number of nitrogen functional groups attached to an aromatic ring is 1. The molecule has 1 aliphatic rings. The van der Waals surface area contributed by atoms with Crippen LogP contribution in [0.1, 0.15) is 36.4 Å². The van der Waals surface area contributed by atoms with Crippen molar-refractivity contribution >= 4 is 5.91 Å². The molecule has 3 N–H and O–H groups in total. The summed E-state index contributed by atoms with van der Waals surface area (Å²) in [6, 6.07) is 2.39. The smallest absolute Gasteiger partial charge is 0.268 e. The summed E-state index contributed by atoms with van der Waals surface area (Å²) >= 11 is 0. The van der Waals surface area contributed by atoms with Gasteiger partial charge in [0.05, 0.1) is 12.1 Å². The van der Waals surface area contributed by atoms with E-state index in [2.05, 4.69) is 29.1 Å². The Labute approximate surface area is 119 Å². The first-order valence-electron chi connectivity index (χ1n) is 7.22. The highest BCUT2D eigenvalue weighted by Crippen LogP contribution is 2.19. The second-order valence-electron chi connectivity index (χ2n) is 5.17. The van der Waals surface area contributed by atoms with Crippen LogP contribution in [0.3, 0.4) is 0 Å². The van der Waals surface area contributed by atoms with E-state index in [1.807, 2.05) is 0 Å². The molecule has 1 aromatic rings. The van der Waals surface area contributed by atoms with Crippen LogP contribution in [0.2, 0.25) is 0 Å². The van der Waals surface area contributed by atoms with Crippen molar-refractivity contribution in [1.29, 1.82) is 0 Å². The zero-order valence-corrected chi connectivity index (χ0v) is 12.3. The van der Waals surface area contributed by atoms with Gasteiger partial charge in [-0.05, 0) is 25.6 Å². The monoisotopic (exact) mass is 280 g/mol. The van der Waals surface area contributed by atoms with Gasteiger partial charge in [-0.2, -0.15) is 0 Å². The number of likely N-dealkylation sites (tertiary alicyclic amines) is 1. The number of nitrogens with zero attached hydrogens (tertiary/aromatic N) is 2. The van der Waals surface area contributed by atoms with Crippen LogP contribution in [-0.4, -0.2) is 47.9 Å². The Hall–Kier alpha value is -1.37. The van der Waals surface area contributed by atoms with E-state index in [9.17, 15) is 4.79 Å². The third-order valence-corrected chi connectivity index (χ3v) is 4.00. The van der Waals surface area contributed by atoms with Gasteiger partial charge in [-0.15, -0.1) is 0 Å². The van der Waals surface area contributed by atoms with E-state index in [-0.39, 0.29) is 5.91 Å². The Morgan fingerprint density at radius 1 is 1.55 bits per heavy atom. The number of carbonyl (C=O) groups is 1. The topological polar surface area (TPSA) is 74.7 Å². The van der Waals surface area contributed by atoms with Gasteiger partial charge in [-0.25, -0.2) is 5.84 Å². The predicted octanol–water partition coefficient (Wildman–Crippen LogP) is 0.799. The fraction of sp³-hybridized carbons (Fsp3) is 0.643. The van der Waals surface area contributed by atoms with Crippen LogP contribution in [0.25, 0.3) is 0 Å². The molecule has 20 heavy (non-hydrogen) atoms. The van der Waals surface area contributed by atoms with Crippen molar-refractivity contribution in [3.63, 3.8) is 0 Å². The van der Waals surface area contributed by atoms with Crippen LogP contribution in [0.4, 0.5) is 0 Å². The number of hydrogen-bond acceptors (Lipinski definition) is 5. The van der Waals surface area contributed by atoms with Gasteiger partial charge in [0.15, 0.2) is 0 Å². The Bertz CT molecular complexity index is 442. The highest BCUT2D eigenvalue weighted by molar-refractivity contribution is 5.93. The van der Waals surface area contributed by atoms with Gasteiger partial charge in [0.2, 0.25) is 0 Å². The van der Waals surface area contributed by atoms with Crippen molar-refractivity contribution in [2.24, 2.45) is 5.84 Å². The lowest BCUT2D eigenvalue weighted by Gasteiger charge is -2.26. The molecular weight excluding hydrogens is 256 g/mol. The Kier molecular flexibility index (Phi) is 5.17. The van der Waals surface area contributed by atoms with Gasteiger partial charge in [-0.3, -0.25) is 20.0 Å². The molecule has 1 aromatic heterocycles. The molecule has 6 heteroatoms. The lowest BCUT2D eigenvalue weighted by molar-refractivity contribution is 0.0953. The molecular formula is C14H24N4O2. The first-order valence-corrected chi connectivity index (χ1v) is 7.22. The van der Waals surface area contributed by atoms with E-state index in [1.165, 1.54) is 12.7 Å². The molecule has 1 unspecified atom stereocenters. The van der Waals surface area contributed by atoms with Crippen LogP contribution in [-0.2, 0) is 6.54 Å². The molecule has 112 valence electrons. The first-order chi connectivity index (χ1) is 9.67. The molecule has 1 aliphatic heterocycles. The summed E-state index contributed by atoms with van der Waals surface area (Å²) in [4.78, 5) is 16.2. The molecule has 1 fully saturated rings. The summed E-state index contributed by atoms with van der Waals surface area (Å²) < 4.78 is 5.43. The van der Waals surface area contributed by atoms with E-state index in [0.29, 0.717) is 11.6 Å². The van der Waals surface area contributed by atoms with Crippen LogP contribution in [0.5, 0.6) is 0 Å². The Morgan fingerprint density at radius 2 is 2.30 bits per heavy atom. The molecule has 0 saturated carbocycles. The van der Waals surface area contributed by atoms with E-state index in [0.717, 1.165) is 38.5 Å². The predicted molar refractivity (Wildman–Crippen MR) is 77.0 cm³/mol. The highest BCUT2D eigenvalue weighted by Gasteiger charge is 2.26. The number of furan rings is 1. The maximum absolute atomic E-state index is 11.4. The summed E-state index contributed by atoms with van der Waals surface area (Å²) in [5, 5.41) is 0. The number of rotatable bonds is 6. The van der Waals surface area contributed by atoms with Crippen molar-refractivity contribution < 1.29 is 9.21 Å². The van der Waals surface area contributed by atoms with E-state index < -0.39 is 0 Å². The van der Waals surface area contributed by atoms with Crippen LogP contribution in [0, 0.1) is 0 Å². The third-order valence-electron chi connectivity index (χ3n) is 4.00. The third kappa shape index (κ3) is 3.39. The number of nitrogens with one attached hydrogen (secondary N) is 1. The summed E-state index contributed by atoms with van der Waals surface area (Å²) in [5.74, 6) is 5.59. The van der Waals surface area contributed by atoms with Gasteiger partial charge in [0, 0.05) is 19.1 Å². The van der Waals surface area contributed by atoms with Gasteiger partial charge >= 0.3 is 0 Å². The van der Waals surface area contributed by atoms with Gasteiger partial charge < -0.3 is 4.42 Å². The molecule has 0 aliphatic carbocycles. The zero-order chi connectivity index (χ0) is 14.5. The number of hydrazine groups is 1. The minimum atomic E-state index is -0.317. The lowest BCUT2D eigenvalue weighted by atomic mass is 10.2. The van der Waals surface area contributed by atoms with Crippen LogP contribution >= 0.6 is 0 Å².